The van der Waals surface area contributed by atoms with Gasteiger partial charge in [0.2, 0.25) is 0 Å². The summed E-state index contributed by atoms with van der Waals surface area (Å²) in [7, 11) is 0. The van der Waals surface area contributed by atoms with Gasteiger partial charge in [-0.1, -0.05) is 33.6 Å². The van der Waals surface area contributed by atoms with E-state index >= 15 is 0 Å². The van der Waals surface area contributed by atoms with Gasteiger partial charge in [-0.15, -0.1) is 0 Å². The minimum atomic E-state index is 0.652. The molecule has 3 nitrogen and oxygen atoms in total. The highest BCUT2D eigenvalue weighted by molar-refractivity contribution is 9.10. The number of aromatic nitrogens is 2. The minimum absolute atomic E-state index is 0.652. The summed E-state index contributed by atoms with van der Waals surface area (Å²) >= 11 is 9.59. The molecule has 88 valence electrons. The van der Waals surface area contributed by atoms with Crippen molar-refractivity contribution in [3.63, 3.8) is 0 Å². The summed E-state index contributed by atoms with van der Waals surface area (Å²) in [6.45, 7) is 2.81. The van der Waals surface area contributed by atoms with Crippen molar-refractivity contribution < 1.29 is 0 Å². The SMILES string of the molecule is CCNc1nccnc1-c1ccc(Br)cc1Cl. The molecule has 0 aliphatic rings. The largest absolute Gasteiger partial charge is 0.369 e. The summed E-state index contributed by atoms with van der Waals surface area (Å²) in [5.41, 5.74) is 1.64. The molecule has 1 N–H and O–H groups in total. The van der Waals surface area contributed by atoms with E-state index in [1.807, 2.05) is 25.1 Å². The number of nitrogens with zero attached hydrogens (tertiary/aromatic N) is 2. The number of benzene rings is 1. The molecule has 17 heavy (non-hydrogen) atoms. The summed E-state index contributed by atoms with van der Waals surface area (Å²) in [5, 5.41) is 3.82. The number of hydrogen-bond acceptors (Lipinski definition) is 3. The number of nitrogens with one attached hydrogen (secondary N) is 1. The predicted molar refractivity (Wildman–Crippen MR) is 74.3 cm³/mol. The Kier molecular flexibility index (Phi) is 3.97. The summed E-state index contributed by atoms with van der Waals surface area (Å²) in [6.07, 6.45) is 3.32. The van der Waals surface area contributed by atoms with Gasteiger partial charge in [-0.3, -0.25) is 4.98 Å². The van der Waals surface area contributed by atoms with E-state index in [1.54, 1.807) is 12.4 Å². The lowest BCUT2D eigenvalue weighted by atomic mass is 10.1. The molecule has 0 spiro atoms. The smallest absolute Gasteiger partial charge is 0.152 e. The van der Waals surface area contributed by atoms with Gasteiger partial charge in [-0.2, -0.15) is 0 Å². The molecule has 1 aromatic heterocycles. The van der Waals surface area contributed by atoms with Crippen LogP contribution < -0.4 is 5.32 Å². The standard InChI is InChI=1S/C12H11BrClN3/c1-2-15-12-11(16-5-6-17-12)9-4-3-8(13)7-10(9)14/h3-7H,2H2,1H3,(H,15,17). The normalized spacial score (nSPS) is 10.3. The van der Waals surface area contributed by atoms with Crippen molar-refractivity contribution in [2.24, 2.45) is 0 Å². The Bertz CT molecular complexity index is 531. The summed E-state index contributed by atoms with van der Waals surface area (Å²) in [5.74, 6) is 0.749. The highest BCUT2D eigenvalue weighted by atomic mass is 79.9. The molecule has 0 atom stereocenters. The maximum Gasteiger partial charge on any atom is 0.152 e. The molecule has 0 bridgehead atoms. The molecule has 0 saturated carbocycles. The van der Waals surface area contributed by atoms with Crippen LogP contribution in [0.3, 0.4) is 0 Å². The van der Waals surface area contributed by atoms with Gasteiger partial charge in [0.25, 0.3) is 0 Å². The highest BCUT2D eigenvalue weighted by Gasteiger charge is 2.10. The lowest BCUT2D eigenvalue weighted by molar-refractivity contribution is 1.12. The summed E-state index contributed by atoms with van der Waals surface area (Å²) in [6, 6.07) is 5.71. The van der Waals surface area contributed by atoms with Crippen molar-refractivity contribution in [1.29, 1.82) is 0 Å². The molecule has 0 radical (unpaired) electrons. The fraction of sp³-hybridized carbons (Fsp3) is 0.167. The van der Waals surface area contributed by atoms with Gasteiger partial charge in [-0.25, -0.2) is 4.98 Å². The van der Waals surface area contributed by atoms with Gasteiger partial charge in [0.05, 0.1) is 5.02 Å². The van der Waals surface area contributed by atoms with Gasteiger partial charge < -0.3 is 5.32 Å². The Balaban J connectivity index is 2.52. The third-order valence-corrected chi connectivity index (χ3v) is 3.03. The average Bonchev–Trinajstić information content (AvgIpc) is 2.31. The monoisotopic (exact) mass is 311 g/mol. The van der Waals surface area contributed by atoms with Crippen molar-refractivity contribution in [1.82, 2.24) is 9.97 Å². The average molecular weight is 313 g/mol. The van der Waals surface area contributed by atoms with Crippen LogP contribution in [0.4, 0.5) is 5.82 Å². The molecule has 2 aromatic rings. The second-order valence-electron chi connectivity index (χ2n) is 3.41. The van der Waals surface area contributed by atoms with E-state index in [0.717, 1.165) is 28.1 Å². The van der Waals surface area contributed by atoms with Crippen molar-refractivity contribution in [3.05, 3.63) is 40.1 Å². The maximum absolute atomic E-state index is 6.21. The fourth-order valence-corrected chi connectivity index (χ4v) is 2.28. The van der Waals surface area contributed by atoms with E-state index in [4.69, 9.17) is 11.6 Å². The van der Waals surface area contributed by atoms with E-state index < -0.39 is 0 Å². The zero-order chi connectivity index (χ0) is 12.3. The Morgan fingerprint density at radius 2 is 2.06 bits per heavy atom. The van der Waals surface area contributed by atoms with E-state index in [9.17, 15) is 0 Å². The molecular weight excluding hydrogens is 302 g/mol. The van der Waals surface area contributed by atoms with Gasteiger partial charge in [0.15, 0.2) is 5.82 Å². The van der Waals surface area contributed by atoms with Crippen LogP contribution in [0.15, 0.2) is 35.1 Å². The predicted octanol–water partition coefficient (Wildman–Crippen LogP) is 3.99. The first-order chi connectivity index (χ1) is 8.22. The third-order valence-electron chi connectivity index (χ3n) is 2.23. The van der Waals surface area contributed by atoms with Crippen LogP contribution in [0.1, 0.15) is 6.92 Å². The molecule has 0 aliphatic carbocycles. The minimum Gasteiger partial charge on any atom is -0.369 e. The molecule has 2 rings (SSSR count). The number of halogens is 2. The molecular formula is C12H11BrClN3. The first kappa shape index (κ1) is 12.3. The van der Waals surface area contributed by atoms with Crippen LogP contribution in [0.5, 0.6) is 0 Å². The molecule has 0 aliphatic heterocycles. The molecule has 0 fully saturated rings. The molecule has 1 heterocycles. The molecule has 5 heteroatoms. The molecule has 1 aromatic carbocycles. The van der Waals surface area contributed by atoms with Crippen molar-refractivity contribution in [2.75, 3.05) is 11.9 Å². The third kappa shape index (κ3) is 2.76. The number of anilines is 1. The van der Waals surface area contributed by atoms with Gasteiger partial charge >= 0.3 is 0 Å². The van der Waals surface area contributed by atoms with Crippen molar-refractivity contribution in [2.45, 2.75) is 6.92 Å². The zero-order valence-electron chi connectivity index (χ0n) is 9.24. The quantitative estimate of drug-likeness (QED) is 0.931. The van der Waals surface area contributed by atoms with E-state index in [-0.39, 0.29) is 0 Å². The number of hydrogen-bond donors (Lipinski definition) is 1. The first-order valence-corrected chi connectivity index (χ1v) is 6.39. The van der Waals surface area contributed by atoms with E-state index in [1.165, 1.54) is 0 Å². The summed E-state index contributed by atoms with van der Waals surface area (Å²) < 4.78 is 0.945. The Morgan fingerprint density at radius 3 is 2.76 bits per heavy atom. The molecule has 0 unspecified atom stereocenters. The van der Waals surface area contributed by atoms with Gasteiger partial charge in [0, 0.05) is 29.0 Å². The van der Waals surface area contributed by atoms with Crippen LogP contribution in [0, 0.1) is 0 Å². The van der Waals surface area contributed by atoms with Crippen molar-refractivity contribution >= 4 is 33.3 Å². The lowest BCUT2D eigenvalue weighted by Gasteiger charge is -2.09. The maximum atomic E-state index is 6.21. The van der Waals surface area contributed by atoms with Gasteiger partial charge in [-0.05, 0) is 19.1 Å². The Labute approximate surface area is 113 Å². The van der Waals surface area contributed by atoms with E-state index in [2.05, 4.69) is 31.2 Å². The Hall–Kier alpha value is -1.13. The van der Waals surface area contributed by atoms with Crippen LogP contribution in [0.25, 0.3) is 11.3 Å². The topological polar surface area (TPSA) is 37.8 Å². The van der Waals surface area contributed by atoms with Crippen LogP contribution in [-0.4, -0.2) is 16.5 Å². The fourth-order valence-electron chi connectivity index (χ4n) is 1.51. The Morgan fingerprint density at radius 1 is 1.29 bits per heavy atom. The van der Waals surface area contributed by atoms with Crippen LogP contribution in [-0.2, 0) is 0 Å². The second kappa shape index (κ2) is 5.47. The summed E-state index contributed by atoms with van der Waals surface area (Å²) in [4.78, 5) is 8.60. The highest BCUT2D eigenvalue weighted by Crippen LogP contribution is 2.32. The number of rotatable bonds is 3. The van der Waals surface area contributed by atoms with Gasteiger partial charge in [0.1, 0.15) is 5.69 Å². The van der Waals surface area contributed by atoms with Crippen LogP contribution in [0.2, 0.25) is 5.02 Å². The first-order valence-electron chi connectivity index (χ1n) is 5.22. The van der Waals surface area contributed by atoms with Crippen LogP contribution >= 0.6 is 27.5 Å². The second-order valence-corrected chi connectivity index (χ2v) is 4.73. The molecule has 0 amide bonds. The molecule has 0 saturated heterocycles. The zero-order valence-corrected chi connectivity index (χ0v) is 11.6. The van der Waals surface area contributed by atoms with Crippen molar-refractivity contribution in [3.8, 4) is 11.3 Å². The lowest BCUT2D eigenvalue weighted by Crippen LogP contribution is -2.02. The van der Waals surface area contributed by atoms with E-state index in [0.29, 0.717) is 5.02 Å².